The highest BCUT2D eigenvalue weighted by Crippen LogP contribution is 2.39. The van der Waals surface area contributed by atoms with Gasteiger partial charge in [-0.1, -0.05) is 39.9 Å². The minimum absolute atomic E-state index is 0.00660. The molecule has 23 heavy (non-hydrogen) atoms. The molecule has 9 heteroatoms. The number of rotatable bonds is 4. The zero-order valence-corrected chi connectivity index (χ0v) is 14.8. The maximum atomic E-state index is 12.3. The Labute approximate surface area is 149 Å². The van der Waals surface area contributed by atoms with Crippen molar-refractivity contribution in [1.82, 2.24) is 4.90 Å². The number of benzene rings is 1. The fourth-order valence-corrected chi connectivity index (χ4v) is 3.82. The van der Waals surface area contributed by atoms with Gasteiger partial charge in [-0.2, -0.15) is 0 Å². The lowest BCUT2D eigenvalue weighted by atomic mass is 10.2. The number of halogens is 1. The van der Waals surface area contributed by atoms with Gasteiger partial charge in [-0.25, -0.2) is 0 Å². The zero-order chi connectivity index (χ0) is 16.6. The number of hydrogen-bond donors (Lipinski definition) is 0. The van der Waals surface area contributed by atoms with E-state index in [1.807, 2.05) is 0 Å². The number of ether oxygens (including phenoxy) is 2. The molecule has 1 aromatic carbocycles. The minimum Gasteiger partial charge on any atom is -0.550 e. The van der Waals surface area contributed by atoms with Crippen molar-refractivity contribution in [2.75, 3.05) is 13.3 Å². The monoisotopic (exact) mass is 414 g/mol. The quantitative estimate of drug-likeness (QED) is 0.545. The fourth-order valence-electron chi connectivity index (χ4n) is 2.08. The van der Waals surface area contributed by atoms with Crippen molar-refractivity contribution >= 4 is 62.2 Å². The predicted molar refractivity (Wildman–Crippen MR) is 89.8 cm³/mol. The van der Waals surface area contributed by atoms with E-state index in [9.17, 15) is 14.7 Å². The van der Waals surface area contributed by atoms with Gasteiger partial charge in [0, 0.05) is 23.4 Å². The van der Waals surface area contributed by atoms with E-state index in [0.29, 0.717) is 20.7 Å². The number of hydrogen-bond acceptors (Lipinski definition) is 7. The molecule has 0 N–H and O–H groups in total. The molecule has 6 nitrogen and oxygen atoms in total. The second-order valence-electron chi connectivity index (χ2n) is 4.68. The van der Waals surface area contributed by atoms with Crippen molar-refractivity contribution in [3.05, 3.63) is 27.1 Å². The summed E-state index contributed by atoms with van der Waals surface area (Å²) in [5.41, 5.74) is 0.745. The highest BCUT2D eigenvalue weighted by atomic mass is 79.9. The van der Waals surface area contributed by atoms with Crippen molar-refractivity contribution in [2.24, 2.45) is 0 Å². The average Bonchev–Trinajstić information content (AvgIpc) is 3.03. The number of fused-ring (bicyclic) bond motifs is 1. The largest absolute Gasteiger partial charge is 0.550 e. The molecule has 1 aromatic rings. The summed E-state index contributed by atoms with van der Waals surface area (Å²) in [6.07, 6.45) is 1.43. The smallest absolute Gasteiger partial charge is 0.266 e. The topological polar surface area (TPSA) is 78.9 Å². The van der Waals surface area contributed by atoms with Crippen LogP contribution in [-0.2, 0) is 9.59 Å². The maximum absolute atomic E-state index is 12.3. The van der Waals surface area contributed by atoms with E-state index in [1.54, 1.807) is 18.2 Å². The third-order valence-corrected chi connectivity index (χ3v) is 5.26. The van der Waals surface area contributed by atoms with Crippen LogP contribution in [0.1, 0.15) is 12.0 Å². The number of carboxylic acid groups (broad SMARTS) is 1. The molecule has 2 aliphatic rings. The van der Waals surface area contributed by atoms with Crippen LogP contribution in [0.4, 0.5) is 0 Å². The Balaban J connectivity index is 1.85. The van der Waals surface area contributed by atoms with Gasteiger partial charge in [0.1, 0.15) is 4.32 Å². The highest BCUT2D eigenvalue weighted by Gasteiger charge is 2.32. The van der Waals surface area contributed by atoms with Crippen molar-refractivity contribution in [3.8, 4) is 11.5 Å². The normalized spacial score (nSPS) is 18.1. The lowest BCUT2D eigenvalue weighted by Gasteiger charge is -2.14. The van der Waals surface area contributed by atoms with Crippen LogP contribution in [0.15, 0.2) is 21.5 Å². The van der Waals surface area contributed by atoms with Gasteiger partial charge in [-0.3, -0.25) is 9.69 Å². The summed E-state index contributed by atoms with van der Waals surface area (Å²) in [7, 11) is 0. The fraction of sp³-hybridized carbons (Fsp3) is 0.214. The first-order valence-corrected chi connectivity index (χ1v) is 8.52. The Morgan fingerprint density at radius 1 is 1.43 bits per heavy atom. The van der Waals surface area contributed by atoms with Gasteiger partial charge >= 0.3 is 0 Å². The zero-order valence-electron chi connectivity index (χ0n) is 11.5. The summed E-state index contributed by atoms with van der Waals surface area (Å²) in [6.45, 7) is 0.170. The van der Waals surface area contributed by atoms with Gasteiger partial charge in [0.2, 0.25) is 6.79 Å². The number of carboxylic acids is 1. The van der Waals surface area contributed by atoms with Crippen LogP contribution in [0.25, 0.3) is 6.08 Å². The van der Waals surface area contributed by atoms with Crippen LogP contribution in [0.5, 0.6) is 11.5 Å². The number of nitrogens with zero attached hydrogens (tertiary/aromatic N) is 1. The number of thioether (sulfide) groups is 1. The van der Waals surface area contributed by atoms with Crippen LogP contribution in [0.3, 0.4) is 0 Å². The summed E-state index contributed by atoms with van der Waals surface area (Å²) in [5.74, 6) is -0.297. The van der Waals surface area contributed by atoms with Gasteiger partial charge in [0.05, 0.1) is 4.91 Å². The number of carbonyl (C=O) groups excluding carboxylic acids is 2. The molecule has 0 unspecified atom stereocenters. The standard InChI is InChI=1S/C14H10BrNO5S2/c15-8-5-10-9(20-6-21-10)3-7(8)4-11-13(19)16(14(22)23-11)2-1-12(17)18/h3-5H,1-2,6H2,(H,17,18)/p-1. The van der Waals surface area contributed by atoms with Crippen molar-refractivity contribution in [3.63, 3.8) is 0 Å². The van der Waals surface area contributed by atoms with E-state index in [4.69, 9.17) is 21.7 Å². The molecule has 0 spiro atoms. The molecule has 120 valence electrons. The summed E-state index contributed by atoms with van der Waals surface area (Å²) >= 11 is 9.69. The maximum Gasteiger partial charge on any atom is 0.266 e. The number of carbonyl (C=O) groups is 2. The van der Waals surface area contributed by atoms with Crippen LogP contribution >= 0.6 is 39.9 Å². The Morgan fingerprint density at radius 3 is 2.83 bits per heavy atom. The van der Waals surface area contributed by atoms with E-state index >= 15 is 0 Å². The molecule has 1 fully saturated rings. The van der Waals surface area contributed by atoms with Crippen LogP contribution in [0.2, 0.25) is 0 Å². The Kier molecular flexibility index (Phi) is 4.60. The van der Waals surface area contributed by atoms with E-state index < -0.39 is 5.97 Å². The van der Waals surface area contributed by atoms with Crippen molar-refractivity contribution < 1.29 is 24.2 Å². The Hall–Kier alpha value is -1.58. The molecule has 0 bridgehead atoms. The van der Waals surface area contributed by atoms with Crippen LogP contribution in [-0.4, -0.2) is 34.4 Å². The van der Waals surface area contributed by atoms with E-state index in [2.05, 4.69) is 15.9 Å². The molecule has 2 heterocycles. The van der Waals surface area contributed by atoms with E-state index in [-0.39, 0.29) is 25.7 Å². The second kappa shape index (κ2) is 6.50. The second-order valence-corrected chi connectivity index (χ2v) is 7.21. The van der Waals surface area contributed by atoms with Crippen LogP contribution < -0.4 is 14.6 Å². The van der Waals surface area contributed by atoms with Gasteiger partial charge in [-0.05, 0) is 23.8 Å². The summed E-state index contributed by atoms with van der Waals surface area (Å²) < 4.78 is 11.7. The molecular weight excluding hydrogens is 406 g/mol. The molecule has 0 aromatic heterocycles. The van der Waals surface area contributed by atoms with Crippen molar-refractivity contribution in [1.29, 1.82) is 0 Å². The van der Waals surface area contributed by atoms with E-state index in [0.717, 1.165) is 21.8 Å². The molecule has 0 radical (unpaired) electrons. The third kappa shape index (κ3) is 3.36. The van der Waals surface area contributed by atoms with Gasteiger partial charge < -0.3 is 19.4 Å². The minimum atomic E-state index is -1.22. The molecular formula is C14H9BrNO5S2-. The first-order valence-electron chi connectivity index (χ1n) is 6.50. The van der Waals surface area contributed by atoms with Gasteiger partial charge in [-0.15, -0.1) is 0 Å². The average molecular weight is 415 g/mol. The third-order valence-electron chi connectivity index (χ3n) is 3.19. The highest BCUT2D eigenvalue weighted by molar-refractivity contribution is 9.10. The first kappa shape index (κ1) is 16.3. The SMILES string of the molecule is O=C([O-])CCN1C(=O)C(=Cc2cc3c(cc2Br)OCO3)SC1=S. The Morgan fingerprint density at radius 2 is 2.13 bits per heavy atom. The molecule has 0 atom stereocenters. The summed E-state index contributed by atoms with van der Waals surface area (Å²) in [6, 6.07) is 3.53. The summed E-state index contributed by atoms with van der Waals surface area (Å²) in [4.78, 5) is 24.6. The van der Waals surface area contributed by atoms with Crippen LogP contribution in [0, 0.1) is 0 Å². The predicted octanol–water partition coefficient (Wildman–Crippen LogP) is 1.52. The number of thiocarbonyl (C=S) groups is 1. The number of amides is 1. The van der Waals surface area contributed by atoms with E-state index in [1.165, 1.54) is 4.90 Å². The van der Waals surface area contributed by atoms with Gasteiger partial charge in [0.15, 0.2) is 11.5 Å². The molecule has 1 amide bonds. The molecule has 1 saturated heterocycles. The summed E-state index contributed by atoms with van der Waals surface area (Å²) in [5, 5.41) is 10.5. The van der Waals surface area contributed by atoms with Gasteiger partial charge in [0.25, 0.3) is 5.91 Å². The lowest BCUT2D eigenvalue weighted by Crippen LogP contribution is -2.33. The Bertz CT molecular complexity index is 749. The number of aliphatic carboxylic acids is 1. The van der Waals surface area contributed by atoms with Crippen molar-refractivity contribution in [2.45, 2.75) is 6.42 Å². The molecule has 3 rings (SSSR count). The first-order chi connectivity index (χ1) is 11.0. The molecule has 0 aliphatic carbocycles. The molecule has 2 aliphatic heterocycles. The lowest BCUT2D eigenvalue weighted by molar-refractivity contribution is -0.305. The molecule has 0 saturated carbocycles.